The lowest BCUT2D eigenvalue weighted by Crippen LogP contribution is -2.00. The lowest BCUT2D eigenvalue weighted by Gasteiger charge is -2.08. The number of hydrogen-bond donors (Lipinski definition) is 0. The zero-order chi connectivity index (χ0) is 10.0. The maximum Gasteiger partial charge on any atom is 0.171 e. The molecule has 0 saturated heterocycles. The van der Waals surface area contributed by atoms with Crippen LogP contribution in [0.4, 0.5) is 0 Å². The van der Waals surface area contributed by atoms with Gasteiger partial charge in [-0.25, -0.2) is 4.98 Å². The molecule has 0 aromatic carbocycles. The lowest BCUT2D eigenvalue weighted by atomic mass is 10.1. The quantitative estimate of drug-likeness (QED) is 0.542. The highest BCUT2D eigenvalue weighted by Gasteiger charge is 2.12. The van der Waals surface area contributed by atoms with Gasteiger partial charge in [-0.15, -0.1) is 0 Å². The minimum Gasteiger partial charge on any atom is -0.493 e. The number of methoxy groups -OCH3 is 1. The Kier molecular flexibility index (Phi) is 2.88. The first-order chi connectivity index (χ1) is 6.07. The van der Waals surface area contributed by atoms with Gasteiger partial charge < -0.3 is 4.74 Å². The van der Waals surface area contributed by atoms with Crippen LogP contribution in [0.3, 0.4) is 0 Å². The molecule has 13 heavy (non-hydrogen) atoms. The zero-order valence-corrected chi connectivity index (χ0v) is 8.47. The molecule has 0 spiro atoms. The molecule has 0 fully saturated rings. The minimum absolute atomic E-state index is 0.0417. The van der Waals surface area contributed by atoms with Gasteiger partial charge in [-0.05, 0) is 13.8 Å². The Morgan fingerprint density at radius 1 is 1.62 bits per heavy atom. The summed E-state index contributed by atoms with van der Waals surface area (Å²) in [6, 6.07) is 0. The molecule has 1 rings (SSSR count). The molecule has 1 aromatic heterocycles. The van der Waals surface area contributed by atoms with Gasteiger partial charge in [0.15, 0.2) is 16.7 Å². The van der Waals surface area contributed by atoms with Crippen LogP contribution in [-0.2, 0) is 0 Å². The van der Waals surface area contributed by atoms with E-state index in [0.29, 0.717) is 11.3 Å². The Balaban J connectivity index is 3.35. The number of carbonyl (C=O) groups excluding carboxylic acids is 1. The van der Waals surface area contributed by atoms with Crippen LogP contribution in [0.5, 0.6) is 5.75 Å². The van der Waals surface area contributed by atoms with Crippen molar-refractivity contribution in [3.63, 3.8) is 0 Å². The summed E-state index contributed by atoms with van der Waals surface area (Å²) in [7, 11) is 1.50. The average Bonchev–Trinajstić information content (AvgIpc) is 2.04. The van der Waals surface area contributed by atoms with E-state index in [9.17, 15) is 4.79 Å². The van der Waals surface area contributed by atoms with E-state index in [1.807, 2.05) is 0 Å². The summed E-state index contributed by atoms with van der Waals surface area (Å²) in [5.74, 6) is 0.425. The SMILES string of the molecule is COc1c(Cl)ncc(C(C)=O)c1C. The maximum absolute atomic E-state index is 11.1. The summed E-state index contributed by atoms with van der Waals surface area (Å²) in [4.78, 5) is 15.0. The summed E-state index contributed by atoms with van der Waals surface area (Å²) in [6.45, 7) is 3.26. The van der Waals surface area contributed by atoms with Crippen molar-refractivity contribution in [2.45, 2.75) is 13.8 Å². The van der Waals surface area contributed by atoms with Gasteiger partial charge in [0.25, 0.3) is 0 Å². The molecule has 0 N–H and O–H groups in total. The largest absolute Gasteiger partial charge is 0.493 e. The number of carbonyl (C=O) groups is 1. The smallest absolute Gasteiger partial charge is 0.171 e. The summed E-state index contributed by atoms with van der Waals surface area (Å²) in [6.07, 6.45) is 1.46. The lowest BCUT2D eigenvalue weighted by molar-refractivity contribution is 0.101. The van der Waals surface area contributed by atoms with Crippen LogP contribution in [0.25, 0.3) is 0 Å². The van der Waals surface area contributed by atoms with Gasteiger partial charge in [-0.3, -0.25) is 4.79 Å². The second-order valence-corrected chi connectivity index (χ2v) is 3.04. The molecule has 3 nitrogen and oxygen atoms in total. The normalized spacial score (nSPS) is 9.85. The van der Waals surface area contributed by atoms with Gasteiger partial charge in [0.2, 0.25) is 0 Å². The van der Waals surface area contributed by atoms with Crippen LogP contribution in [0, 0.1) is 6.92 Å². The Morgan fingerprint density at radius 2 is 2.23 bits per heavy atom. The average molecular weight is 200 g/mol. The molecule has 0 amide bonds. The molecule has 0 bridgehead atoms. The molecule has 0 atom stereocenters. The van der Waals surface area contributed by atoms with Crippen molar-refractivity contribution in [3.05, 3.63) is 22.5 Å². The highest BCUT2D eigenvalue weighted by atomic mass is 35.5. The number of rotatable bonds is 2. The number of hydrogen-bond acceptors (Lipinski definition) is 3. The van der Waals surface area contributed by atoms with E-state index in [2.05, 4.69) is 4.98 Å². The summed E-state index contributed by atoms with van der Waals surface area (Å²) >= 11 is 5.76. The predicted molar refractivity (Wildman–Crippen MR) is 50.5 cm³/mol. The van der Waals surface area contributed by atoms with Crippen LogP contribution in [0.2, 0.25) is 5.15 Å². The van der Waals surface area contributed by atoms with Crippen molar-refractivity contribution in [2.24, 2.45) is 0 Å². The number of pyridine rings is 1. The Morgan fingerprint density at radius 3 is 2.69 bits per heavy atom. The van der Waals surface area contributed by atoms with Crippen molar-refractivity contribution >= 4 is 17.4 Å². The molecule has 70 valence electrons. The van der Waals surface area contributed by atoms with Crippen LogP contribution < -0.4 is 4.74 Å². The molecular formula is C9H10ClNO2. The predicted octanol–water partition coefficient (Wildman–Crippen LogP) is 2.25. The second kappa shape index (κ2) is 3.75. The fourth-order valence-electron chi connectivity index (χ4n) is 1.15. The van der Waals surface area contributed by atoms with Gasteiger partial charge in [0.05, 0.1) is 7.11 Å². The number of aromatic nitrogens is 1. The standard InChI is InChI=1S/C9H10ClNO2/c1-5-7(6(2)12)4-11-9(10)8(5)13-3/h4H,1-3H3. The molecule has 0 unspecified atom stereocenters. The molecule has 0 aliphatic carbocycles. The van der Waals surface area contributed by atoms with E-state index in [0.717, 1.165) is 5.56 Å². The third kappa shape index (κ3) is 1.80. The van der Waals surface area contributed by atoms with Gasteiger partial charge in [0.1, 0.15) is 0 Å². The van der Waals surface area contributed by atoms with E-state index < -0.39 is 0 Å². The van der Waals surface area contributed by atoms with E-state index >= 15 is 0 Å². The number of ether oxygens (including phenoxy) is 1. The van der Waals surface area contributed by atoms with Crippen molar-refractivity contribution in [1.82, 2.24) is 4.98 Å². The summed E-state index contributed by atoms with van der Waals surface area (Å²) < 4.78 is 5.02. The minimum atomic E-state index is -0.0417. The molecule has 0 aliphatic heterocycles. The molecule has 4 heteroatoms. The second-order valence-electron chi connectivity index (χ2n) is 2.68. The van der Waals surface area contributed by atoms with Crippen LogP contribution in [-0.4, -0.2) is 17.9 Å². The molecule has 0 saturated carbocycles. The van der Waals surface area contributed by atoms with Crippen LogP contribution in [0.1, 0.15) is 22.8 Å². The first kappa shape index (κ1) is 9.99. The third-order valence-corrected chi connectivity index (χ3v) is 2.09. The van der Waals surface area contributed by atoms with Gasteiger partial charge >= 0.3 is 0 Å². The first-order valence-electron chi connectivity index (χ1n) is 3.78. The van der Waals surface area contributed by atoms with Gasteiger partial charge in [0, 0.05) is 17.3 Å². The first-order valence-corrected chi connectivity index (χ1v) is 4.15. The van der Waals surface area contributed by atoms with E-state index in [1.54, 1.807) is 6.92 Å². The maximum atomic E-state index is 11.1. The number of ketones is 1. The molecule has 0 radical (unpaired) electrons. The van der Waals surface area contributed by atoms with E-state index in [4.69, 9.17) is 16.3 Å². The Hall–Kier alpha value is -1.09. The van der Waals surface area contributed by atoms with Crippen molar-refractivity contribution < 1.29 is 9.53 Å². The molecule has 1 heterocycles. The molecule has 1 aromatic rings. The number of halogens is 1. The van der Waals surface area contributed by atoms with E-state index in [1.165, 1.54) is 20.2 Å². The fourth-order valence-corrected chi connectivity index (χ4v) is 1.41. The molecule has 0 aliphatic rings. The summed E-state index contributed by atoms with van der Waals surface area (Å²) in [5.41, 5.74) is 1.27. The molecular weight excluding hydrogens is 190 g/mol. The van der Waals surface area contributed by atoms with Crippen molar-refractivity contribution in [2.75, 3.05) is 7.11 Å². The highest BCUT2D eigenvalue weighted by Crippen LogP contribution is 2.28. The van der Waals surface area contributed by atoms with E-state index in [-0.39, 0.29) is 10.9 Å². The van der Waals surface area contributed by atoms with Gasteiger partial charge in [-0.2, -0.15) is 0 Å². The number of Topliss-reactive ketones (excluding diaryl/α,β-unsaturated/α-hetero) is 1. The van der Waals surface area contributed by atoms with Crippen molar-refractivity contribution in [3.8, 4) is 5.75 Å². The fraction of sp³-hybridized carbons (Fsp3) is 0.333. The number of nitrogens with zero attached hydrogens (tertiary/aromatic N) is 1. The monoisotopic (exact) mass is 199 g/mol. The third-order valence-electron chi connectivity index (χ3n) is 1.82. The topological polar surface area (TPSA) is 39.2 Å². The van der Waals surface area contributed by atoms with Gasteiger partial charge in [-0.1, -0.05) is 11.6 Å². The van der Waals surface area contributed by atoms with Crippen LogP contribution in [0.15, 0.2) is 6.20 Å². The Labute approximate surface area is 81.7 Å². The highest BCUT2D eigenvalue weighted by molar-refractivity contribution is 6.31. The zero-order valence-electron chi connectivity index (χ0n) is 7.72. The van der Waals surface area contributed by atoms with Crippen LogP contribution >= 0.6 is 11.6 Å². The Bertz CT molecular complexity index is 350. The summed E-state index contributed by atoms with van der Waals surface area (Å²) in [5, 5.41) is 0.282. The van der Waals surface area contributed by atoms with Crippen molar-refractivity contribution in [1.29, 1.82) is 0 Å².